The molecule has 2 unspecified atom stereocenters. The van der Waals surface area contributed by atoms with Gasteiger partial charge in [-0.3, -0.25) is 4.48 Å². The van der Waals surface area contributed by atoms with Crippen LogP contribution in [0.3, 0.4) is 0 Å². The van der Waals surface area contributed by atoms with E-state index in [2.05, 4.69) is 45.0 Å². The molecule has 0 aliphatic carbocycles. The first kappa shape index (κ1) is 17.7. The molecule has 1 N–H and O–H groups in total. The molecule has 3 rings (SSSR count). The van der Waals surface area contributed by atoms with E-state index in [1.165, 1.54) is 0 Å². The molecule has 1 heterocycles. The fraction of sp³-hybridized carbons (Fsp3) is 0.364. The van der Waals surface area contributed by atoms with E-state index in [9.17, 15) is 5.11 Å². The molecule has 0 bridgehead atoms. The predicted molar refractivity (Wildman–Crippen MR) is 102 cm³/mol. The van der Waals surface area contributed by atoms with Gasteiger partial charge in [-0.05, 0) is 38.0 Å². The quantitative estimate of drug-likeness (QED) is 0.626. The Morgan fingerprint density at radius 3 is 1.96 bits per heavy atom. The van der Waals surface area contributed by atoms with Crippen LogP contribution in [0.2, 0.25) is 0 Å². The van der Waals surface area contributed by atoms with Gasteiger partial charge in [0.15, 0.2) is 5.92 Å². The van der Waals surface area contributed by atoms with E-state index in [0.717, 1.165) is 36.5 Å². The predicted octanol–water partition coefficient (Wildman–Crippen LogP) is 4.36. The SMILES string of the molecule is CC[N+](CC)(CC)C1(O)O/C(=C\c2ccccc2)C1c1ccccc1. The lowest BCUT2D eigenvalue weighted by atomic mass is 9.84. The van der Waals surface area contributed by atoms with Crippen LogP contribution in [0, 0.1) is 0 Å². The van der Waals surface area contributed by atoms with Crippen LogP contribution in [0.25, 0.3) is 6.08 Å². The fourth-order valence-corrected chi connectivity index (χ4v) is 3.99. The summed E-state index contributed by atoms with van der Waals surface area (Å²) in [6.07, 6.45) is 2.04. The molecule has 2 atom stereocenters. The van der Waals surface area contributed by atoms with E-state index in [4.69, 9.17) is 4.74 Å². The zero-order valence-corrected chi connectivity index (χ0v) is 15.4. The molecule has 0 spiro atoms. The van der Waals surface area contributed by atoms with E-state index in [1.807, 2.05) is 42.5 Å². The standard InChI is InChI=1S/C22H28NO2/c1-4-23(5-2,6-3)22(24)21(19-15-11-8-12-16-19)20(25-22)17-18-13-9-7-10-14-18/h7-17,21,24H,4-6H2,1-3H3/q+1/b20-17-. The van der Waals surface area contributed by atoms with Crippen molar-refractivity contribution in [3.05, 3.63) is 77.5 Å². The second-order valence-electron chi connectivity index (χ2n) is 6.66. The lowest BCUT2D eigenvalue weighted by Gasteiger charge is -2.56. The van der Waals surface area contributed by atoms with Crippen molar-refractivity contribution < 1.29 is 14.3 Å². The fourth-order valence-electron chi connectivity index (χ4n) is 3.99. The first-order valence-electron chi connectivity index (χ1n) is 9.19. The number of nitrogens with zero attached hydrogens (tertiary/aromatic N) is 1. The summed E-state index contributed by atoms with van der Waals surface area (Å²) in [7, 11) is 0. The minimum atomic E-state index is -1.22. The second kappa shape index (κ2) is 7.03. The molecule has 25 heavy (non-hydrogen) atoms. The van der Waals surface area contributed by atoms with E-state index < -0.39 is 5.91 Å². The summed E-state index contributed by atoms with van der Waals surface area (Å²) >= 11 is 0. The number of benzene rings is 2. The van der Waals surface area contributed by atoms with Crippen LogP contribution < -0.4 is 0 Å². The average Bonchev–Trinajstić information content (AvgIpc) is 2.64. The molecule has 0 saturated carbocycles. The van der Waals surface area contributed by atoms with Crippen LogP contribution in [-0.2, 0) is 4.74 Å². The van der Waals surface area contributed by atoms with Gasteiger partial charge in [0.25, 0.3) is 0 Å². The van der Waals surface area contributed by atoms with Gasteiger partial charge in [-0.2, -0.15) is 0 Å². The van der Waals surface area contributed by atoms with Crippen molar-refractivity contribution in [3.8, 4) is 0 Å². The topological polar surface area (TPSA) is 29.5 Å². The number of hydrogen-bond donors (Lipinski definition) is 1. The van der Waals surface area contributed by atoms with E-state index >= 15 is 0 Å². The highest BCUT2D eigenvalue weighted by Gasteiger charge is 2.66. The van der Waals surface area contributed by atoms with Crippen LogP contribution in [0.5, 0.6) is 0 Å². The first-order chi connectivity index (χ1) is 12.1. The largest absolute Gasteiger partial charge is 0.419 e. The van der Waals surface area contributed by atoms with Gasteiger partial charge in [0.1, 0.15) is 5.76 Å². The van der Waals surface area contributed by atoms with Gasteiger partial charge in [0, 0.05) is 0 Å². The number of aliphatic hydroxyl groups is 1. The third kappa shape index (κ3) is 2.88. The maximum Gasteiger partial charge on any atom is 0.373 e. The highest BCUT2D eigenvalue weighted by atomic mass is 16.7. The van der Waals surface area contributed by atoms with Gasteiger partial charge >= 0.3 is 5.91 Å². The first-order valence-corrected chi connectivity index (χ1v) is 9.19. The highest BCUT2D eigenvalue weighted by Crippen LogP contribution is 2.53. The van der Waals surface area contributed by atoms with Gasteiger partial charge in [-0.1, -0.05) is 60.7 Å². The number of hydrogen-bond acceptors (Lipinski definition) is 2. The number of quaternary nitrogens is 1. The van der Waals surface area contributed by atoms with E-state index in [-0.39, 0.29) is 5.92 Å². The molecule has 2 aromatic carbocycles. The van der Waals surface area contributed by atoms with Crippen LogP contribution in [0.1, 0.15) is 37.8 Å². The molecular weight excluding hydrogens is 310 g/mol. The number of rotatable bonds is 6. The lowest BCUT2D eigenvalue weighted by Crippen LogP contribution is -2.72. The summed E-state index contributed by atoms with van der Waals surface area (Å²) in [5.74, 6) is -0.549. The summed E-state index contributed by atoms with van der Waals surface area (Å²) in [6, 6.07) is 20.3. The molecule has 0 aromatic heterocycles. The Balaban J connectivity index is 2.06. The van der Waals surface area contributed by atoms with Crippen LogP contribution >= 0.6 is 0 Å². The monoisotopic (exact) mass is 338 g/mol. The Hall–Kier alpha value is -2.10. The number of ether oxygens (including phenoxy) is 1. The maximum atomic E-state index is 11.6. The summed E-state index contributed by atoms with van der Waals surface area (Å²) in [5, 5.41) is 11.6. The van der Waals surface area contributed by atoms with Gasteiger partial charge in [0.05, 0.1) is 19.6 Å². The summed E-state index contributed by atoms with van der Waals surface area (Å²) in [6.45, 7) is 8.84. The average molecular weight is 338 g/mol. The maximum absolute atomic E-state index is 11.6. The van der Waals surface area contributed by atoms with Crippen molar-refractivity contribution in [2.24, 2.45) is 0 Å². The molecule has 1 aliphatic heterocycles. The van der Waals surface area contributed by atoms with E-state index in [0.29, 0.717) is 4.48 Å². The molecule has 132 valence electrons. The number of likely N-dealkylation sites (N-methyl/N-ethyl adjacent to an activating group) is 1. The summed E-state index contributed by atoms with van der Waals surface area (Å²) < 4.78 is 6.65. The van der Waals surface area contributed by atoms with Crippen molar-refractivity contribution in [3.63, 3.8) is 0 Å². The second-order valence-corrected chi connectivity index (χ2v) is 6.66. The Bertz CT molecular complexity index is 714. The van der Waals surface area contributed by atoms with Crippen LogP contribution in [0.15, 0.2) is 66.4 Å². The smallest absolute Gasteiger partial charge is 0.373 e. The minimum absolute atomic E-state index is 0.159. The van der Waals surface area contributed by atoms with Crippen LogP contribution in [-0.4, -0.2) is 35.1 Å². The van der Waals surface area contributed by atoms with Crippen molar-refractivity contribution in [2.45, 2.75) is 32.6 Å². The third-order valence-corrected chi connectivity index (χ3v) is 5.67. The van der Waals surface area contributed by atoms with Crippen molar-refractivity contribution in [1.82, 2.24) is 0 Å². The molecular formula is C22H28NO2+. The zero-order valence-electron chi connectivity index (χ0n) is 15.4. The lowest BCUT2D eigenvalue weighted by molar-refractivity contribution is -1.03. The Morgan fingerprint density at radius 2 is 1.44 bits per heavy atom. The molecule has 1 saturated heterocycles. The van der Waals surface area contributed by atoms with Gasteiger partial charge in [-0.25, -0.2) is 0 Å². The molecule has 1 aliphatic rings. The van der Waals surface area contributed by atoms with Gasteiger partial charge < -0.3 is 9.84 Å². The third-order valence-electron chi connectivity index (χ3n) is 5.67. The minimum Gasteiger partial charge on any atom is -0.419 e. The molecule has 1 fully saturated rings. The van der Waals surface area contributed by atoms with Crippen molar-refractivity contribution >= 4 is 6.08 Å². The summed E-state index contributed by atoms with van der Waals surface area (Å²) in [4.78, 5) is 0. The molecule has 2 aromatic rings. The van der Waals surface area contributed by atoms with Gasteiger partial charge in [0.2, 0.25) is 0 Å². The normalized spacial score (nSPS) is 24.6. The Morgan fingerprint density at radius 1 is 0.920 bits per heavy atom. The zero-order chi connectivity index (χ0) is 17.9. The summed E-state index contributed by atoms with van der Waals surface area (Å²) in [5.41, 5.74) is 2.18. The molecule has 0 amide bonds. The Kier molecular flexibility index (Phi) is 4.98. The highest BCUT2D eigenvalue weighted by molar-refractivity contribution is 5.55. The van der Waals surface area contributed by atoms with Crippen molar-refractivity contribution in [2.75, 3.05) is 19.6 Å². The molecule has 3 nitrogen and oxygen atoms in total. The molecule has 3 heteroatoms. The molecule has 0 radical (unpaired) electrons. The van der Waals surface area contributed by atoms with Crippen molar-refractivity contribution in [1.29, 1.82) is 0 Å². The van der Waals surface area contributed by atoms with Gasteiger partial charge in [-0.15, -0.1) is 0 Å². The van der Waals surface area contributed by atoms with Crippen LogP contribution in [0.4, 0.5) is 0 Å². The Labute approximate surface area is 150 Å². The van der Waals surface area contributed by atoms with E-state index in [1.54, 1.807) is 0 Å².